The minimum absolute atomic E-state index is 0.125. The summed E-state index contributed by atoms with van der Waals surface area (Å²) in [7, 11) is 0. The Morgan fingerprint density at radius 2 is 2.23 bits per heavy atom. The molecule has 2 rings (SSSR count). The molecule has 0 amide bonds. The molecule has 0 saturated carbocycles. The van der Waals surface area contributed by atoms with Crippen molar-refractivity contribution in [2.24, 2.45) is 5.92 Å². The summed E-state index contributed by atoms with van der Waals surface area (Å²) in [5.74, 6) is 1.22. The van der Waals surface area contributed by atoms with Crippen LogP contribution in [0.1, 0.15) is 12.5 Å². The Morgan fingerprint density at radius 3 is 3.00 bits per heavy atom. The summed E-state index contributed by atoms with van der Waals surface area (Å²) in [5.41, 5.74) is 1.21. The molecule has 0 radical (unpaired) electrons. The SMILES string of the molecule is CC1Oc2ccccc2CC1CO. The second kappa shape index (κ2) is 3.38. The Bertz CT molecular complexity index is 296. The van der Waals surface area contributed by atoms with E-state index in [2.05, 4.69) is 6.07 Å². The van der Waals surface area contributed by atoms with Gasteiger partial charge in [0.15, 0.2) is 0 Å². The average Bonchev–Trinajstić information content (AvgIpc) is 2.17. The van der Waals surface area contributed by atoms with E-state index < -0.39 is 0 Å². The van der Waals surface area contributed by atoms with Crippen molar-refractivity contribution in [2.75, 3.05) is 6.61 Å². The monoisotopic (exact) mass is 178 g/mol. The van der Waals surface area contributed by atoms with Crippen LogP contribution in [0.15, 0.2) is 24.3 Å². The van der Waals surface area contributed by atoms with Crippen LogP contribution in [-0.2, 0) is 6.42 Å². The largest absolute Gasteiger partial charge is 0.490 e. The molecule has 0 aromatic heterocycles. The third kappa shape index (κ3) is 1.54. The maximum Gasteiger partial charge on any atom is 0.122 e. The fourth-order valence-electron chi connectivity index (χ4n) is 1.75. The molecule has 13 heavy (non-hydrogen) atoms. The highest BCUT2D eigenvalue weighted by atomic mass is 16.5. The standard InChI is InChI=1S/C11H14O2/c1-8-10(7-12)6-9-4-2-3-5-11(9)13-8/h2-5,8,10,12H,6-7H2,1H3. The number of ether oxygens (including phenoxy) is 1. The zero-order valence-corrected chi connectivity index (χ0v) is 7.73. The maximum atomic E-state index is 9.11. The predicted octanol–water partition coefficient (Wildman–Crippen LogP) is 1.62. The summed E-state index contributed by atoms with van der Waals surface area (Å²) in [5, 5.41) is 9.11. The quantitative estimate of drug-likeness (QED) is 0.708. The Balaban J connectivity index is 2.27. The van der Waals surface area contributed by atoms with Gasteiger partial charge in [0.25, 0.3) is 0 Å². The van der Waals surface area contributed by atoms with Crippen molar-refractivity contribution in [3.8, 4) is 5.75 Å². The molecular formula is C11H14O2. The molecule has 2 nitrogen and oxygen atoms in total. The van der Waals surface area contributed by atoms with Gasteiger partial charge >= 0.3 is 0 Å². The van der Waals surface area contributed by atoms with Crippen LogP contribution in [0.3, 0.4) is 0 Å². The third-order valence-corrected chi connectivity index (χ3v) is 2.67. The van der Waals surface area contributed by atoms with E-state index in [4.69, 9.17) is 9.84 Å². The van der Waals surface area contributed by atoms with Gasteiger partial charge in [-0.05, 0) is 25.0 Å². The van der Waals surface area contributed by atoms with Crippen LogP contribution in [0, 0.1) is 5.92 Å². The van der Waals surface area contributed by atoms with Crippen LogP contribution in [0.5, 0.6) is 5.75 Å². The molecule has 0 fully saturated rings. The van der Waals surface area contributed by atoms with E-state index in [0.29, 0.717) is 0 Å². The lowest BCUT2D eigenvalue weighted by Crippen LogP contribution is -2.32. The van der Waals surface area contributed by atoms with E-state index in [-0.39, 0.29) is 18.6 Å². The fourth-order valence-corrected chi connectivity index (χ4v) is 1.75. The molecule has 1 heterocycles. The first-order valence-electron chi connectivity index (χ1n) is 4.66. The van der Waals surface area contributed by atoms with Crippen LogP contribution in [0.4, 0.5) is 0 Å². The van der Waals surface area contributed by atoms with Gasteiger partial charge in [0, 0.05) is 12.5 Å². The van der Waals surface area contributed by atoms with Crippen LogP contribution in [0.25, 0.3) is 0 Å². The predicted molar refractivity (Wildman–Crippen MR) is 50.8 cm³/mol. The van der Waals surface area contributed by atoms with Crippen LogP contribution >= 0.6 is 0 Å². The van der Waals surface area contributed by atoms with E-state index in [1.54, 1.807) is 0 Å². The highest BCUT2D eigenvalue weighted by molar-refractivity contribution is 5.35. The van der Waals surface area contributed by atoms with Gasteiger partial charge in [0.05, 0.1) is 0 Å². The minimum atomic E-state index is 0.125. The molecule has 2 atom stereocenters. The first-order valence-corrected chi connectivity index (χ1v) is 4.66. The van der Waals surface area contributed by atoms with Gasteiger partial charge < -0.3 is 9.84 Å². The van der Waals surface area contributed by atoms with E-state index >= 15 is 0 Å². The van der Waals surface area contributed by atoms with E-state index in [1.165, 1.54) is 5.56 Å². The molecule has 0 aliphatic carbocycles. The molecule has 70 valence electrons. The van der Waals surface area contributed by atoms with Gasteiger partial charge in [-0.25, -0.2) is 0 Å². The summed E-state index contributed by atoms with van der Waals surface area (Å²) < 4.78 is 5.68. The van der Waals surface area contributed by atoms with Crippen molar-refractivity contribution in [3.05, 3.63) is 29.8 Å². The number of benzene rings is 1. The van der Waals surface area contributed by atoms with Crippen molar-refractivity contribution < 1.29 is 9.84 Å². The zero-order valence-electron chi connectivity index (χ0n) is 7.73. The lowest BCUT2D eigenvalue weighted by molar-refractivity contribution is 0.0828. The average molecular weight is 178 g/mol. The number of hydrogen-bond acceptors (Lipinski definition) is 2. The minimum Gasteiger partial charge on any atom is -0.490 e. The van der Waals surface area contributed by atoms with Crippen LogP contribution in [-0.4, -0.2) is 17.8 Å². The number of aliphatic hydroxyl groups excluding tert-OH is 1. The lowest BCUT2D eigenvalue weighted by Gasteiger charge is -2.30. The van der Waals surface area contributed by atoms with Crippen LogP contribution < -0.4 is 4.74 Å². The smallest absolute Gasteiger partial charge is 0.122 e. The summed E-state index contributed by atoms with van der Waals surface area (Å²) in [6, 6.07) is 8.03. The zero-order chi connectivity index (χ0) is 9.26. The van der Waals surface area contributed by atoms with Crippen molar-refractivity contribution >= 4 is 0 Å². The summed E-state index contributed by atoms with van der Waals surface area (Å²) in [4.78, 5) is 0. The summed E-state index contributed by atoms with van der Waals surface area (Å²) in [6.45, 7) is 2.21. The molecule has 1 N–H and O–H groups in total. The highest BCUT2D eigenvalue weighted by Crippen LogP contribution is 2.29. The van der Waals surface area contributed by atoms with Crippen molar-refractivity contribution in [1.29, 1.82) is 0 Å². The highest BCUT2D eigenvalue weighted by Gasteiger charge is 2.25. The number of rotatable bonds is 1. The Kier molecular flexibility index (Phi) is 2.23. The summed E-state index contributed by atoms with van der Waals surface area (Å²) in [6.07, 6.45) is 1.05. The molecular weight excluding hydrogens is 164 g/mol. The number of hydrogen-bond donors (Lipinski definition) is 1. The third-order valence-electron chi connectivity index (χ3n) is 2.67. The topological polar surface area (TPSA) is 29.5 Å². The molecule has 1 aliphatic rings. The molecule has 2 unspecified atom stereocenters. The molecule has 1 aromatic rings. The number of fused-ring (bicyclic) bond motifs is 1. The van der Waals surface area contributed by atoms with E-state index in [0.717, 1.165) is 12.2 Å². The molecule has 2 heteroatoms. The van der Waals surface area contributed by atoms with E-state index in [9.17, 15) is 0 Å². The van der Waals surface area contributed by atoms with Gasteiger partial charge in [-0.2, -0.15) is 0 Å². The molecule has 0 bridgehead atoms. The maximum absolute atomic E-state index is 9.11. The van der Waals surface area contributed by atoms with Gasteiger partial charge in [-0.15, -0.1) is 0 Å². The van der Waals surface area contributed by atoms with Gasteiger partial charge in [-0.3, -0.25) is 0 Å². The van der Waals surface area contributed by atoms with Crippen LogP contribution in [0.2, 0.25) is 0 Å². The number of aliphatic hydroxyl groups is 1. The second-order valence-corrected chi connectivity index (χ2v) is 3.58. The van der Waals surface area contributed by atoms with Gasteiger partial charge in [0.2, 0.25) is 0 Å². The molecule has 0 spiro atoms. The summed E-state index contributed by atoms with van der Waals surface area (Å²) >= 11 is 0. The van der Waals surface area contributed by atoms with E-state index in [1.807, 2.05) is 25.1 Å². The first-order chi connectivity index (χ1) is 6.31. The van der Waals surface area contributed by atoms with Gasteiger partial charge in [0.1, 0.15) is 11.9 Å². The lowest BCUT2D eigenvalue weighted by atomic mass is 9.92. The van der Waals surface area contributed by atoms with Crippen molar-refractivity contribution in [2.45, 2.75) is 19.4 Å². The normalized spacial score (nSPS) is 26.3. The van der Waals surface area contributed by atoms with Crippen molar-refractivity contribution in [1.82, 2.24) is 0 Å². The van der Waals surface area contributed by atoms with Crippen molar-refractivity contribution in [3.63, 3.8) is 0 Å². The molecule has 1 aromatic carbocycles. The fraction of sp³-hybridized carbons (Fsp3) is 0.455. The second-order valence-electron chi connectivity index (χ2n) is 3.58. The number of para-hydroxylation sites is 1. The van der Waals surface area contributed by atoms with Gasteiger partial charge in [-0.1, -0.05) is 18.2 Å². The molecule has 1 aliphatic heterocycles. The first kappa shape index (κ1) is 8.57. The molecule has 0 saturated heterocycles. The Hall–Kier alpha value is -1.02. The Labute approximate surface area is 78.2 Å². The Morgan fingerprint density at radius 1 is 1.46 bits per heavy atom.